The molecule has 0 unspecified atom stereocenters. The first-order valence-corrected chi connectivity index (χ1v) is 6.52. The summed E-state index contributed by atoms with van der Waals surface area (Å²) in [6, 6.07) is 3.41. The number of hydrogen-bond acceptors (Lipinski definition) is 6. The van der Waals surface area contributed by atoms with Gasteiger partial charge in [-0.2, -0.15) is 0 Å². The maximum Gasteiger partial charge on any atom is 0.360 e. The number of rotatable bonds is 4. The molecule has 0 amide bonds. The van der Waals surface area contributed by atoms with Crippen molar-refractivity contribution in [2.45, 2.75) is 20.5 Å². The van der Waals surface area contributed by atoms with Crippen LogP contribution in [0.5, 0.6) is 5.75 Å². The number of esters is 1. The second kappa shape index (κ2) is 5.79. The molecule has 2 rings (SSSR count). The number of aromatic nitrogens is 2. The van der Waals surface area contributed by atoms with E-state index in [9.17, 15) is 4.79 Å². The van der Waals surface area contributed by atoms with Crippen LogP contribution in [-0.2, 0) is 11.3 Å². The summed E-state index contributed by atoms with van der Waals surface area (Å²) in [7, 11) is 1.32. The summed E-state index contributed by atoms with van der Waals surface area (Å²) in [5.41, 5.74) is 1.13. The van der Waals surface area contributed by atoms with Crippen LogP contribution in [0.1, 0.15) is 26.1 Å². The quantitative estimate of drug-likeness (QED) is 0.804. The molecule has 2 heterocycles. The minimum absolute atomic E-state index is 0.184. The van der Waals surface area contributed by atoms with E-state index in [-0.39, 0.29) is 5.69 Å². The highest BCUT2D eigenvalue weighted by molar-refractivity contribution is 7.11. The Morgan fingerprint density at radius 1 is 1.42 bits per heavy atom. The van der Waals surface area contributed by atoms with Crippen molar-refractivity contribution in [1.82, 2.24) is 9.97 Å². The van der Waals surface area contributed by atoms with E-state index in [1.54, 1.807) is 23.5 Å². The molecule has 0 atom stereocenters. The average Bonchev–Trinajstić information content (AvgIpc) is 2.74. The van der Waals surface area contributed by atoms with Gasteiger partial charge in [0.1, 0.15) is 6.61 Å². The molecule has 0 radical (unpaired) electrons. The first kappa shape index (κ1) is 13.5. The fourth-order valence-electron chi connectivity index (χ4n) is 1.61. The summed E-state index contributed by atoms with van der Waals surface area (Å²) >= 11 is 1.58. The molecule has 0 aliphatic heterocycles. The molecule has 2 aromatic heterocycles. The van der Waals surface area contributed by atoms with E-state index in [1.807, 2.05) is 13.8 Å². The molecule has 0 bridgehead atoms. The van der Waals surface area contributed by atoms with Crippen molar-refractivity contribution in [2.75, 3.05) is 7.11 Å². The third-order valence-corrected chi connectivity index (χ3v) is 3.55. The average molecular weight is 278 g/mol. The van der Waals surface area contributed by atoms with Crippen LogP contribution < -0.4 is 4.74 Å². The topological polar surface area (TPSA) is 61.3 Å². The van der Waals surface area contributed by atoms with Crippen LogP contribution in [0.3, 0.4) is 0 Å². The van der Waals surface area contributed by atoms with Gasteiger partial charge in [-0.05, 0) is 26.0 Å². The maximum absolute atomic E-state index is 11.5. The molecule has 2 aromatic rings. The third-order valence-electron chi connectivity index (χ3n) is 2.51. The molecule has 0 aromatic carbocycles. The van der Waals surface area contributed by atoms with E-state index in [1.165, 1.54) is 13.3 Å². The molecule has 0 N–H and O–H groups in total. The van der Waals surface area contributed by atoms with Gasteiger partial charge in [0.2, 0.25) is 0 Å². The molecular formula is C13H14N2O3S. The first-order chi connectivity index (χ1) is 9.11. The molecule has 0 aliphatic rings. The lowest BCUT2D eigenvalue weighted by Crippen LogP contribution is -2.08. The zero-order chi connectivity index (χ0) is 13.8. The second-order valence-corrected chi connectivity index (χ2v) is 5.16. The predicted octanol–water partition coefficient (Wildman–Crippen LogP) is 2.52. The summed E-state index contributed by atoms with van der Waals surface area (Å²) in [5.74, 6) is -0.0902. The Morgan fingerprint density at radius 2 is 2.21 bits per heavy atom. The van der Waals surface area contributed by atoms with E-state index in [2.05, 4.69) is 14.7 Å². The minimum atomic E-state index is -0.507. The third kappa shape index (κ3) is 3.08. The van der Waals surface area contributed by atoms with Gasteiger partial charge in [0.25, 0.3) is 0 Å². The lowest BCUT2D eigenvalue weighted by atomic mass is 10.3. The van der Waals surface area contributed by atoms with Crippen molar-refractivity contribution in [3.8, 4) is 5.75 Å². The van der Waals surface area contributed by atoms with Gasteiger partial charge >= 0.3 is 5.97 Å². The maximum atomic E-state index is 11.5. The number of ether oxygens (including phenoxy) is 2. The molecule has 0 aliphatic carbocycles. The van der Waals surface area contributed by atoms with Crippen LogP contribution in [-0.4, -0.2) is 23.0 Å². The summed E-state index contributed by atoms with van der Waals surface area (Å²) in [4.78, 5) is 20.9. The lowest BCUT2D eigenvalue weighted by molar-refractivity contribution is 0.0588. The Balaban J connectivity index is 2.16. The molecule has 0 saturated carbocycles. The van der Waals surface area contributed by atoms with Crippen molar-refractivity contribution in [1.29, 1.82) is 0 Å². The van der Waals surface area contributed by atoms with E-state index >= 15 is 0 Å². The second-order valence-electron chi connectivity index (χ2n) is 3.87. The first-order valence-electron chi connectivity index (χ1n) is 5.71. The number of aryl methyl sites for hydroxylation is 2. The molecule has 6 heteroatoms. The lowest BCUT2D eigenvalue weighted by Gasteiger charge is -2.08. The Hall–Kier alpha value is -1.95. The van der Waals surface area contributed by atoms with E-state index < -0.39 is 5.97 Å². The molecular weight excluding hydrogens is 264 g/mol. The van der Waals surface area contributed by atoms with Crippen LogP contribution in [0.15, 0.2) is 18.3 Å². The molecule has 0 spiro atoms. The largest absolute Gasteiger partial charge is 0.485 e. The van der Waals surface area contributed by atoms with Crippen LogP contribution in [0, 0.1) is 13.8 Å². The monoisotopic (exact) mass is 278 g/mol. The Bertz CT molecular complexity index is 595. The predicted molar refractivity (Wildman–Crippen MR) is 71.5 cm³/mol. The van der Waals surface area contributed by atoms with Crippen LogP contribution >= 0.6 is 11.3 Å². The minimum Gasteiger partial charge on any atom is -0.485 e. The van der Waals surface area contributed by atoms with Gasteiger partial charge in [0.05, 0.1) is 22.7 Å². The van der Waals surface area contributed by atoms with E-state index in [4.69, 9.17) is 4.74 Å². The highest BCUT2D eigenvalue weighted by atomic mass is 32.1. The number of carbonyl (C=O) groups excluding carboxylic acids is 1. The van der Waals surface area contributed by atoms with Crippen molar-refractivity contribution < 1.29 is 14.3 Å². The van der Waals surface area contributed by atoms with Gasteiger partial charge in [-0.1, -0.05) is 0 Å². The highest BCUT2D eigenvalue weighted by Crippen LogP contribution is 2.22. The van der Waals surface area contributed by atoms with Crippen molar-refractivity contribution in [2.24, 2.45) is 0 Å². The zero-order valence-electron chi connectivity index (χ0n) is 11.0. The number of carbonyl (C=O) groups is 1. The van der Waals surface area contributed by atoms with Crippen molar-refractivity contribution in [3.05, 3.63) is 39.6 Å². The van der Waals surface area contributed by atoms with Gasteiger partial charge in [0, 0.05) is 6.20 Å². The number of hydrogen-bond donors (Lipinski definition) is 0. The normalized spacial score (nSPS) is 10.3. The zero-order valence-corrected chi connectivity index (χ0v) is 11.8. The Labute approximate surface area is 115 Å². The number of pyridine rings is 1. The summed E-state index contributed by atoms with van der Waals surface area (Å²) < 4.78 is 10.3. The Morgan fingerprint density at radius 3 is 2.84 bits per heavy atom. The highest BCUT2D eigenvalue weighted by Gasteiger charge is 2.15. The molecule has 100 valence electrons. The Kier molecular flexibility index (Phi) is 4.11. The van der Waals surface area contributed by atoms with Crippen molar-refractivity contribution in [3.63, 3.8) is 0 Å². The van der Waals surface area contributed by atoms with Crippen LogP contribution in [0.4, 0.5) is 0 Å². The van der Waals surface area contributed by atoms with Gasteiger partial charge in [-0.3, -0.25) is 0 Å². The van der Waals surface area contributed by atoms with Gasteiger partial charge < -0.3 is 9.47 Å². The summed E-state index contributed by atoms with van der Waals surface area (Å²) in [5, 5.41) is 0.996. The van der Waals surface area contributed by atoms with Crippen molar-refractivity contribution >= 4 is 17.3 Å². The number of thiazole rings is 1. The van der Waals surface area contributed by atoms with Crippen LogP contribution in [0.2, 0.25) is 0 Å². The smallest absolute Gasteiger partial charge is 0.360 e. The molecule has 5 nitrogen and oxygen atoms in total. The fourth-order valence-corrected chi connectivity index (χ4v) is 2.46. The standard InChI is InChI=1S/C13H14N2O3S/c1-8-11(19-9(2)15-8)7-18-10-5-4-6-14-12(10)13(16)17-3/h4-6H,7H2,1-3H3. The molecule has 0 fully saturated rings. The van der Waals surface area contributed by atoms with Gasteiger partial charge in [-0.25, -0.2) is 14.8 Å². The fraction of sp³-hybridized carbons (Fsp3) is 0.308. The molecule has 0 saturated heterocycles. The van der Waals surface area contributed by atoms with Gasteiger partial charge in [0.15, 0.2) is 11.4 Å². The number of nitrogens with zero attached hydrogens (tertiary/aromatic N) is 2. The SMILES string of the molecule is COC(=O)c1ncccc1OCc1sc(C)nc1C. The van der Waals surface area contributed by atoms with E-state index in [0.717, 1.165) is 15.6 Å². The number of methoxy groups -OCH3 is 1. The molecule has 19 heavy (non-hydrogen) atoms. The van der Waals surface area contributed by atoms with E-state index in [0.29, 0.717) is 12.4 Å². The summed E-state index contributed by atoms with van der Waals surface area (Å²) in [6.07, 6.45) is 1.53. The summed E-state index contributed by atoms with van der Waals surface area (Å²) in [6.45, 7) is 4.25. The van der Waals surface area contributed by atoms with Gasteiger partial charge in [-0.15, -0.1) is 11.3 Å². The van der Waals surface area contributed by atoms with Crippen LogP contribution in [0.25, 0.3) is 0 Å².